The Hall–Kier alpha value is -3.16. The van der Waals surface area contributed by atoms with Gasteiger partial charge < -0.3 is 15.0 Å². The maximum Gasteiger partial charge on any atom is 0.416 e. The fourth-order valence-corrected chi connectivity index (χ4v) is 6.23. The number of halogens is 5. The lowest BCUT2D eigenvalue weighted by Gasteiger charge is -2.40. The summed E-state index contributed by atoms with van der Waals surface area (Å²) in [6.07, 6.45) is -3.98. The van der Waals surface area contributed by atoms with E-state index in [1.165, 1.54) is 41.0 Å². The van der Waals surface area contributed by atoms with Crippen LogP contribution in [0.2, 0.25) is 10.1 Å². The molecule has 0 spiro atoms. The standard InChI is InChI=1S/C28H21B5ClF4N3O4S/c29-27(30,31)28(32,33)46(44,45)20-4-5-22(39-13-20)23(14-42)40-25(43)16-2-6-24-17(9-16)11-19(41(24)8-7-35)10-15-1-3-18(34)12-21(15)26(36,37)38/h1-6,9,11-13,23,42H,7-8,10,14H2,(H,40,43)/t23-/m0/s1. The lowest BCUT2D eigenvalue weighted by atomic mass is 9.30. The second-order valence-electron chi connectivity index (χ2n) is 10.6. The summed E-state index contributed by atoms with van der Waals surface area (Å²) in [5.74, 6) is -0.668. The molecule has 0 aliphatic heterocycles. The van der Waals surface area contributed by atoms with Gasteiger partial charge in [-0.05, 0) is 58.6 Å². The molecule has 4 rings (SSSR count). The maximum atomic E-state index is 13.7. The van der Waals surface area contributed by atoms with Gasteiger partial charge in [0.25, 0.3) is 5.91 Å². The fraction of sp³-hybridized carbons (Fsp3) is 0.286. The van der Waals surface area contributed by atoms with Crippen molar-refractivity contribution in [1.29, 1.82) is 0 Å². The molecule has 1 atom stereocenters. The largest absolute Gasteiger partial charge is 0.416 e. The number of benzene rings is 2. The molecule has 2 aromatic heterocycles. The average Bonchev–Trinajstić information content (AvgIpc) is 3.31. The minimum atomic E-state index is -4.67. The van der Waals surface area contributed by atoms with E-state index in [9.17, 15) is 35.9 Å². The van der Waals surface area contributed by atoms with Gasteiger partial charge in [0.1, 0.15) is 6.67 Å². The van der Waals surface area contributed by atoms with Gasteiger partial charge in [-0.2, -0.15) is 13.2 Å². The zero-order valence-corrected chi connectivity index (χ0v) is 25.5. The minimum Gasteiger partial charge on any atom is -0.394 e. The van der Waals surface area contributed by atoms with Crippen LogP contribution >= 0.6 is 11.6 Å². The molecule has 1 amide bonds. The van der Waals surface area contributed by atoms with Gasteiger partial charge in [0, 0.05) is 39.8 Å². The number of amides is 1. The first kappa shape index (κ1) is 35.7. The second kappa shape index (κ2) is 13.2. The zero-order valence-electron chi connectivity index (χ0n) is 23.9. The highest BCUT2D eigenvalue weighted by molar-refractivity contribution is 7.95. The third kappa shape index (κ3) is 7.06. The molecule has 7 nitrogen and oxygen atoms in total. The Labute approximate surface area is 274 Å². The van der Waals surface area contributed by atoms with Crippen LogP contribution in [0.1, 0.15) is 38.9 Å². The van der Waals surface area contributed by atoms with E-state index >= 15 is 0 Å². The third-order valence-corrected chi connectivity index (χ3v) is 9.68. The first-order valence-corrected chi connectivity index (χ1v) is 15.3. The molecule has 0 unspecified atom stereocenters. The number of aromatic nitrogens is 2. The highest BCUT2D eigenvalue weighted by Gasteiger charge is 2.43. The van der Waals surface area contributed by atoms with Gasteiger partial charge in [0.15, 0.2) is 9.84 Å². The van der Waals surface area contributed by atoms with Crippen molar-refractivity contribution >= 4 is 77.5 Å². The van der Waals surface area contributed by atoms with E-state index in [0.717, 1.165) is 18.3 Å². The van der Waals surface area contributed by atoms with Gasteiger partial charge >= 0.3 is 6.18 Å². The lowest BCUT2D eigenvalue weighted by molar-refractivity contribution is -0.138. The lowest BCUT2D eigenvalue weighted by Crippen LogP contribution is -2.52. The molecule has 2 N–H and O–H groups in total. The van der Waals surface area contributed by atoms with Crippen LogP contribution in [-0.4, -0.2) is 86.0 Å². The van der Waals surface area contributed by atoms with Crippen molar-refractivity contribution in [2.45, 2.75) is 39.7 Å². The average molecular weight is 661 g/mol. The normalized spacial score (nSPS) is 13.5. The van der Waals surface area contributed by atoms with E-state index in [1.807, 2.05) is 0 Å². The van der Waals surface area contributed by atoms with Crippen molar-refractivity contribution in [3.8, 4) is 0 Å². The summed E-state index contributed by atoms with van der Waals surface area (Å²) in [6, 6.07) is 10.6. The van der Waals surface area contributed by atoms with Gasteiger partial charge in [-0.3, -0.25) is 9.78 Å². The summed E-state index contributed by atoms with van der Waals surface area (Å²) in [4.78, 5) is 16.7. The van der Waals surface area contributed by atoms with Gasteiger partial charge in [-0.1, -0.05) is 17.7 Å². The summed E-state index contributed by atoms with van der Waals surface area (Å²) >= 11 is 5.80. The van der Waals surface area contributed by atoms with Crippen LogP contribution in [-0.2, 0) is 29.0 Å². The molecule has 2 aromatic carbocycles. The Morgan fingerprint density at radius 1 is 1.02 bits per heavy atom. The number of aliphatic hydroxyl groups is 1. The molecule has 18 heteroatoms. The number of aliphatic hydroxyl groups excluding tert-OH is 1. The van der Waals surface area contributed by atoms with Crippen LogP contribution in [0.5, 0.6) is 0 Å². The van der Waals surface area contributed by atoms with E-state index in [-0.39, 0.29) is 34.8 Å². The molecule has 0 bridgehead atoms. The van der Waals surface area contributed by atoms with Crippen LogP contribution in [0.3, 0.4) is 0 Å². The zero-order chi connectivity index (χ0) is 34.2. The first-order chi connectivity index (χ1) is 21.3. The van der Waals surface area contributed by atoms with Crippen molar-refractivity contribution in [3.05, 3.63) is 93.9 Å². The monoisotopic (exact) mass is 661 g/mol. The van der Waals surface area contributed by atoms with Crippen molar-refractivity contribution in [1.82, 2.24) is 14.9 Å². The molecule has 2 heterocycles. The highest BCUT2D eigenvalue weighted by Crippen LogP contribution is 2.36. The van der Waals surface area contributed by atoms with Crippen LogP contribution < -0.4 is 5.32 Å². The fourth-order valence-electron chi connectivity index (χ4n) is 4.77. The van der Waals surface area contributed by atoms with Crippen molar-refractivity contribution < 1.29 is 35.9 Å². The van der Waals surface area contributed by atoms with Gasteiger partial charge in [0.05, 0.1) is 74.6 Å². The number of alkyl halides is 4. The number of carbonyl (C=O) groups excluding carboxylic acids is 1. The molecule has 4 aromatic rings. The molecule has 0 saturated heterocycles. The summed E-state index contributed by atoms with van der Waals surface area (Å²) in [7, 11) is 22.9. The van der Waals surface area contributed by atoms with Crippen LogP contribution in [0.15, 0.2) is 65.7 Å². The number of carbonyl (C=O) groups is 1. The van der Waals surface area contributed by atoms with E-state index < -0.39 is 61.4 Å². The quantitative estimate of drug-likeness (QED) is 0.190. The van der Waals surface area contributed by atoms with Crippen molar-refractivity contribution in [2.24, 2.45) is 0 Å². The molecule has 228 valence electrons. The molecule has 0 saturated carbocycles. The predicted octanol–water partition coefficient (Wildman–Crippen LogP) is 3.08. The Balaban J connectivity index is 1.60. The summed E-state index contributed by atoms with van der Waals surface area (Å²) < 4.78 is 79.0. The number of rotatable bonds is 11. The molecular formula is C28H21B5ClF4N3O4S. The number of nitrogens with zero attached hydrogens (tertiary/aromatic N) is 2. The summed E-state index contributed by atoms with van der Waals surface area (Å²) in [5.41, 5.74) is 0.0551. The van der Waals surface area contributed by atoms with E-state index in [1.54, 1.807) is 6.07 Å². The van der Waals surface area contributed by atoms with Crippen LogP contribution in [0, 0.1) is 0 Å². The van der Waals surface area contributed by atoms with Crippen LogP contribution in [0.4, 0.5) is 17.6 Å². The van der Waals surface area contributed by atoms with E-state index in [0.29, 0.717) is 16.6 Å². The molecule has 0 aliphatic rings. The third-order valence-electron chi connectivity index (χ3n) is 7.34. The first-order valence-electron chi connectivity index (χ1n) is 13.4. The van der Waals surface area contributed by atoms with Crippen LogP contribution in [0.25, 0.3) is 10.9 Å². The van der Waals surface area contributed by atoms with Gasteiger partial charge in [-0.25, -0.2) is 12.8 Å². The number of hydrogen-bond donors (Lipinski definition) is 2. The SMILES string of the molecule is [B]C([B])([B])C([B])([B])S(=O)(=O)c1ccc([C@H](CO)NC(=O)c2ccc3c(c2)cc(Cc2ccc(Cl)cc2C(F)(F)F)n3CCF)nc1. The summed E-state index contributed by atoms with van der Waals surface area (Å²) in [5, 5.41) is 10.4. The summed E-state index contributed by atoms with van der Waals surface area (Å²) in [6.45, 7) is -1.57. The number of hydrogen-bond acceptors (Lipinski definition) is 5. The predicted molar refractivity (Wildman–Crippen MR) is 170 cm³/mol. The van der Waals surface area contributed by atoms with E-state index in [4.69, 9.17) is 50.8 Å². The van der Waals surface area contributed by atoms with Gasteiger partial charge in [0.2, 0.25) is 0 Å². The van der Waals surface area contributed by atoms with Crippen molar-refractivity contribution in [3.63, 3.8) is 0 Å². The van der Waals surface area contributed by atoms with Gasteiger partial charge in [-0.15, -0.1) is 5.11 Å². The number of pyridine rings is 1. The highest BCUT2D eigenvalue weighted by atomic mass is 35.5. The number of aryl methyl sites for hydroxylation is 1. The van der Waals surface area contributed by atoms with Crippen molar-refractivity contribution in [2.75, 3.05) is 13.3 Å². The molecular weight excluding hydrogens is 640 g/mol. The Morgan fingerprint density at radius 2 is 1.72 bits per heavy atom. The Morgan fingerprint density at radius 3 is 2.28 bits per heavy atom. The Kier molecular flexibility index (Phi) is 10.2. The molecule has 0 fully saturated rings. The topological polar surface area (TPSA) is 101 Å². The van der Waals surface area contributed by atoms with E-state index in [2.05, 4.69) is 10.3 Å². The molecule has 10 radical (unpaired) electrons. The number of nitrogens with one attached hydrogen (secondary N) is 1. The minimum absolute atomic E-state index is 0.0630. The second-order valence-corrected chi connectivity index (χ2v) is 13.2. The Bertz CT molecular complexity index is 1870. The molecule has 0 aliphatic carbocycles. The maximum absolute atomic E-state index is 13.7. The number of fused-ring (bicyclic) bond motifs is 1. The number of sulfone groups is 1. The smallest absolute Gasteiger partial charge is 0.394 e. The molecule has 46 heavy (non-hydrogen) atoms.